The summed E-state index contributed by atoms with van der Waals surface area (Å²) >= 11 is 0. The van der Waals surface area contributed by atoms with Crippen molar-refractivity contribution in [2.45, 2.75) is 4.90 Å². The lowest BCUT2D eigenvalue weighted by Gasteiger charge is -2.15. The maximum absolute atomic E-state index is 13.0. The first-order valence-electron chi connectivity index (χ1n) is 10.4. The van der Waals surface area contributed by atoms with Crippen LogP contribution in [0.15, 0.2) is 53.4 Å². The molecule has 0 saturated heterocycles. The molecular formula is C25H28N2O7S. The van der Waals surface area contributed by atoms with Crippen molar-refractivity contribution in [3.8, 4) is 28.7 Å². The Morgan fingerprint density at radius 1 is 0.714 bits per heavy atom. The van der Waals surface area contributed by atoms with Crippen LogP contribution in [-0.2, 0) is 10.0 Å². The van der Waals surface area contributed by atoms with Crippen molar-refractivity contribution in [1.29, 1.82) is 0 Å². The number of sulfonamides is 1. The summed E-state index contributed by atoms with van der Waals surface area (Å²) in [5, 5.41) is 0. The van der Waals surface area contributed by atoms with Gasteiger partial charge in [0.1, 0.15) is 0 Å². The molecule has 3 N–H and O–H groups in total. The molecular weight excluding hydrogens is 472 g/mol. The zero-order valence-electron chi connectivity index (χ0n) is 20.1. The number of hydrogen-bond acceptors (Lipinski definition) is 8. The van der Waals surface area contributed by atoms with Crippen LogP contribution in [0.1, 0.15) is 11.1 Å². The van der Waals surface area contributed by atoms with E-state index in [0.717, 1.165) is 5.56 Å². The molecule has 0 unspecified atom stereocenters. The van der Waals surface area contributed by atoms with Crippen molar-refractivity contribution in [2.75, 3.05) is 46.0 Å². The third-order valence-corrected chi connectivity index (χ3v) is 6.51. The Balaban J connectivity index is 2.08. The number of methoxy groups -OCH3 is 5. The predicted molar refractivity (Wildman–Crippen MR) is 136 cm³/mol. The third kappa shape index (κ3) is 5.72. The number of anilines is 2. The van der Waals surface area contributed by atoms with Crippen LogP contribution < -0.4 is 34.1 Å². The average molecular weight is 501 g/mol. The highest BCUT2D eigenvalue weighted by Gasteiger charge is 2.18. The largest absolute Gasteiger partial charge is 0.493 e. The Bertz CT molecular complexity index is 1300. The molecule has 0 saturated carbocycles. The van der Waals surface area contributed by atoms with Gasteiger partial charge in [0, 0.05) is 17.3 Å². The fourth-order valence-corrected chi connectivity index (χ4v) is 4.43. The van der Waals surface area contributed by atoms with Gasteiger partial charge < -0.3 is 29.4 Å². The van der Waals surface area contributed by atoms with Crippen LogP contribution in [-0.4, -0.2) is 44.0 Å². The maximum atomic E-state index is 13.0. The van der Waals surface area contributed by atoms with E-state index < -0.39 is 10.0 Å². The lowest BCUT2D eigenvalue weighted by molar-refractivity contribution is 0.324. The Kier molecular flexibility index (Phi) is 7.98. The zero-order valence-corrected chi connectivity index (χ0v) is 20.9. The van der Waals surface area contributed by atoms with Crippen molar-refractivity contribution < 1.29 is 32.1 Å². The molecule has 0 fully saturated rings. The molecule has 186 valence electrons. The third-order valence-electron chi connectivity index (χ3n) is 5.13. The topological polar surface area (TPSA) is 118 Å². The van der Waals surface area contributed by atoms with Gasteiger partial charge in [-0.1, -0.05) is 12.2 Å². The molecule has 0 aliphatic rings. The highest BCUT2D eigenvalue weighted by molar-refractivity contribution is 7.92. The van der Waals surface area contributed by atoms with E-state index in [1.807, 2.05) is 0 Å². The van der Waals surface area contributed by atoms with E-state index in [9.17, 15) is 8.42 Å². The quantitative estimate of drug-likeness (QED) is 0.313. The molecule has 3 aromatic carbocycles. The van der Waals surface area contributed by atoms with Crippen molar-refractivity contribution in [1.82, 2.24) is 0 Å². The minimum Gasteiger partial charge on any atom is -0.493 e. The van der Waals surface area contributed by atoms with E-state index in [1.165, 1.54) is 59.8 Å². The molecule has 0 aliphatic carbocycles. The molecule has 3 rings (SSSR count). The van der Waals surface area contributed by atoms with Crippen LogP contribution in [0.3, 0.4) is 0 Å². The van der Waals surface area contributed by atoms with Crippen molar-refractivity contribution in [3.63, 3.8) is 0 Å². The second-order valence-corrected chi connectivity index (χ2v) is 8.94. The van der Waals surface area contributed by atoms with Crippen LogP contribution >= 0.6 is 0 Å². The molecule has 0 radical (unpaired) electrons. The summed E-state index contributed by atoms with van der Waals surface area (Å²) < 4.78 is 55.7. The van der Waals surface area contributed by atoms with Crippen molar-refractivity contribution in [3.05, 3.63) is 59.7 Å². The normalized spacial score (nSPS) is 11.2. The summed E-state index contributed by atoms with van der Waals surface area (Å²) in [6.07, 6.45) is 3.52. The Hall–Kier alpha value is -4.05. The van der Waals surface area contributed by atoms with E-state index in [0.29, 0.717) is 45.7 Å². The maximum Gasteiger partial charge on any atom is 0.261 e. The fourth-order valence-electron chi connectivity index (χ4n) is 3.36. The van der Waals surface area contributed by atoms with Crippen LogP contribution in [0, 0.1) is 0 Å². The minimum absolute atomic E-state index is 0.0704. The molecule has 0 bridgehead atoms. The molecule has 35 heavy (non-hydrogen) atoms. The van der Waals surface area contributed by atoms with Crippen LogP contribution in [0.5, 0.6) is 28.7 Å². The van der Waals surface area contributed by atoms with Crippen LogP contribution in [0.2, 0.25) is 0 Å². The number of hydrogen-bond donors (Lipinski definition) is 2. The van der Waals surface area contributed by atoms with Gasteiger partial charge in [0.05, 0.1) is 46.1 Å². The lowest BCUT2D eigenvalue weighted by Crippen LogP contribution is -2.14. The van der Waals surface area contributed by atoms with Crippen LogP contribution in [0.25, 0.3) is 12.2 Å². The molecule has 0 spiro atoms. The summed E-state index contributed by atoms with van der Waals surface area (Å²) in [6.45, 7) is 0. The molecule has 10 heteroatoms. The second-order valence-electron chi connectivity index (χ2n) is 7.26. The van der Waals surface area contributed by atoms with Crippen LogP contribution in [0.4, 0.5) is 11.4 Å². The van der Waals surface area contributed by atoms with E-state index in [4.69, 9.17) is 29.4 Å². The van der Waals surface area contributed by atoms with Gasteiger partial charge in [-0.3, -0.25) is 4.72 Å². The average Bonchev–Trinajstić information content (AvgIpc) is 2.86. The first kappa shape index (κ1) is 25.6. The highest BCUT2D eigenvalue weighted by Crippen LogP contribution is 2.39. The number of benzene rings is 3. The fraction of sp³-hybridized carbons (Fsp3) is 0.200. The number of nitrogens with two attached hydrogens (primary N) is 1. The van der Waals surface area contributed by atoms with Gasteiger partial charge in [-0.15, -0.1) is 0 Å². The number of ether oxygens (including phenoxy) is 5. The lowest BCUT2D eigenvalue weighted by atomic mass is 10.1. The Morgan fingerprint density at radius 2 is 1.26 bits per heavy atom. The highest BCUT2D eigenvalue weighted by atomic mass is 32.2. The number of rotatable bonds is 10. The SMILES string of the molecule is COc1cc(/C=C\c2cc(OC)c(OC)c(OC)c2)c(NS(=O)(=O)c2ccc(N)cc2)cc1OC. The van der Waals surface area contributed by atoms with Crippen molar-refractivity contribution in [2.24, 2.45) is 0 Å². The summed E-state index contributed by atoms with van der Waals surface area (Å²) in [6, 6.07) is 12.7. The van der Waals surface area contributed by atoms with E-state index >= 15 is 0 Å². The van der Waals surface area contributed by atoms with Gasteiger partial charge in [-0.05, 0) is 48.0 Å². The van der Waals surface area contributed by atoms with Gasteiger partial charge >= 0.3 is 0 Å². The smallest absolute Gasteiger partial charge is 0.261 e. The summed E-state index contributed by atoms with van der Waals surface area (Å²) in [7, 11) is 3.66. The summed E-state index contributed by atoms with van der Waals surface area (Å²) in [5.41, 5.74) is 7.72. The molecule has 0 amide bonds. The summed E-state index contributed by atoms with van der Waals surface area (Å²) in [5.74, 6) is 2.25. The Labute approximate surface area is 205 Å². The molecule has 0 heterocycles. The van der Waals surface area contributed by atoms with Crippen molar-refractivity contribution >= 4 is 33.6 Å². The molecule has 0 aliphatic heterocycles. The van der Waals surface area contributed by atoms with Gasteiger partial charge in [0.25, 0.3) is 10.0 Å². The molecule has 0 atom stereocenters. The molecule has 3 aromatic rings. The number of nitrogen functional groups attached to an aromatic ring is 1. The second kappa shape index (κ2) is 10.9. The summed E-state index contributed by atoms with van der Waals surface area (Å²) in [4.78, 5) is 0.0704. The first-order valence-corrected chi connectivity index (χ1v) is 11.9. The minimum atomic E-state index is -3.90. The zero-order chi connectivity index (χ0) is 25.6. The van der Waals surface area contributed by atoms with E-state index in [1.54, 1.807) is 36.4 Å². The monoisotopic (exact) mass is 500 g/mol. The van der Waals surface area contributed by atoms with E-state index in [-0.39, 0.29) is 4.90 Å². The Morgan fingerprint density at radius 3 is 1.77 bits per heavy atom. The van der Waals surface area contributed by atoms with Gasteiger partial charge in [0.2, 0.25) is 5.75 Å². The standard InChI is InChI=1S/C25H28N2O7S/c1-30-21-14-17(7-6-16-12-23(32-3)25(34-5)24(13-16)33-4)20(15-22(21)31-2)27-35(28,29)19-10-8-18(26)9-11-19/h6-15,27H,26H2,1-5H3/b7-6-. The van der Waals surface area contributed by atoms with Gasteiger partial charge in [-0.25, -0.2) is 8.42 Å². The van der Waals surface area contributed by atoms with E-state index in [2.05, 4.69) is 4.72 Å². The van der Waals surface area contributed by atoms with Gasteiger partial charge in [-0.2, -0.15) is 0 Å². The predicted octanol–water partition coefficient (Wildman–Crippen LogP) is 4.28. The molecule has 9 nitrogen and oxygen atoms in total. The first-order chi connectivity index (χ1) is 16.8. The number of nitrogens with one attached hydrogen (secondary N) is 1. The molecule has 0 aromatic heterocycles. The van der Waals surface area contributed by atoms with Gasteiger partial charge in [0.15, 0.2) is 23.0 Å².